The normalized spacial score (nSPS) is 27.5. The van der Waals surface area contributed by atoms with Crippen molar-refractivity contribution in [2.45, 2.75) is 32.2 Å². The molecule has 2 N–H and O–H groups in total. The van der Waals surface area contributed by atoms with Gasteiger partial charge >= 0.3 is 5.97 Å². The maximum atomic E-state index is 12.6. The van der Waals surface area contributed by atoms with Crippen LogP contribution in [0.15, 0.2) is 24.3 Å². The summed E-state index contributed by atoms with van der Waals surface area (Å²) in [6.07, 6.45) is 2.61. The van der Waals surface area contributed by atoms with Gasteiger partial charge in [-0.3, -0.25) is 14.5 Å². The fourth-order valence-electron chi connectivity index (χ4n) is 4.12. The highest BCUT2D eigenvalue weighted by Gasteiger charge is 2.55. The van der Waals surface area contributed by atoms with Gasteiger partial charge in [-0.25, -0.2) is 0 Å². The van der Waals surface area contributed by atoms with Crippen molar-refractivity contribution in [2.75, 3.05) is 25.5 Å². The van der Waals surface area contributed by atoms with Crippen LogP contribution in [-0.4, -0.2) is 48.1 Å². The van der Waals surface area contributed by atoms with E-state index in [1.54, 1.807) is 19.2 Å². The third kappa shape index (κ3) is 2.75. The second kappa shape index (κ2) is 6.43. The first-order valence-electron chi connectivity index (χ1n) is 8.39. The Kier molecular flexibility index (Phi) is 4.49. The number of carboxylic acids is 1. The number of methoxy groups -OCH3 is 1. The SMILES string of the molecule is COc1ccccc1NC(=O)C(C)N1C[C@@H]2CCC[C@@]2(C(=O)O)C1. The van der Waals surface area contributed by atoms with E-state index < -0.39 is 11.4 Å². The molecule has 1 aromatic rings. The topological polar surface area (TPSA) is 78.9 Å². The van der Waals surface area contributed by atoms with Gasteiger partial charge in [-0.15, -0.1) is 0 Å². The van der Waals surface area contributed by atoms with Crippen LogP contribution >= 0.6 is 0 Å². The molecule has 1 aliphatic carbocycles. The van der Waals surface area contributed by atoms with Gasteiger partial charge in [0.15, 0.2) is 0 Å². The lowest BCUT2D eigenvalue weighted by atomic mass is 9.81. The first-order chi connectivity index (χ1) is 11.5. The third-order valence-corrected chi connectivity index (χ3v) is 5.62. The Morgan fingerprint density at radius 2 is 2.17 bits per heavy atom. The number of carbonyl (C=O) groups excluding carboxylic acids is 1. The molecule has 3 atom stereocenters. The van der Waals surface area contributed by atoms with Crippen molar-refractivity contribution in [1.29, 1.82) is 0 Å². The van der Waals surface area contributed by atoms with E-state index in [2.05, 4.69) is 5.32 Å². The van der Waals surface area contributed by atoms with Crippen LogP contribution in [0, 0.1) is 11.3 Å². The molecule has 0 radical (unpaired) electrons. The molecule has 1 amide bonds. The third-order valence-electron chi connectivity index (χ3n) is 5.62. The van der Waals surface area contributed by atoms with Gasteiger partial charge in [0.1, 0.15) is 5.75 Å². The van der Waals surface area contributed by atoms with E-state index in [0.29, 0.717) is 30.9 Å². The number of ether oxygens (including phenoxy) is 1. The number of likely N-dealkylation sites (tertiary alicyclic amines) is 1. The zero-order chi connectivity index (χ0) is 17.3. The van der Waals surface area contributed by atoms with Crippen LogP contribution in [0.5, 0.6) is 5.75 Å². The van der Waals surface area contributed by atoms with Crippen molar-refractivity contribution in [3.05, 3.63) is 24.3 Å². The van der Waals surface area contributed by atoms with E-state index >= 15 is 0 Å². The molecule has 0 spiro atoms. The molecule has 6 nitrogen and oxygen atoms in total. The van der Waals surface area contributed by atoms with Gasteiger partial charge in [0, 0.05) is 13.1 Å². The summed E-state index contributed by atoms with van der Waals surface area (Å²) < 4.78 is 5.25. The molecule has 2 aliphatic rings. The Labute approximate surface area is 141 Å². The lowest BCUT2D eigenvalue weighted by Gasteiger charge is -2.26. The van der Waals surface area contributed by atoms with Crippen molar-refractivity contribution in [1.82, 2.24) is 4.90 Å². The van der Waals surface area contributed by atoms with Gasteiger partial charge in [-0.2, -0.15) is 0 Å². The molecule has 1 unspecified atom stereocenters. The molecular weight excluding hydrogens is 308 g/mol. The summed E-state index contributed by atoms with van der Waals surface area (Å²) in [6, 6.07) is 6.89. The smallest absolute Gasteiger partial charge is 0.311 e. The molecule has 1 saturated heterocycles. The van der Waals surface area contributed by atoms with Crippen LogP contribution in [0.1, 0.15) is 26.2 Å². The van der Waals surface area contributed by atoms with Crippen LogP contribution in [-0.2, 0) is 9.59 Å². The molecule has 130 valence electrons. The van der Waals surface area contributed by atoms with Gasteiger partial charge in [0.05, 0.1) is 24.3 Å². The van der Waals surface area contributed by atoms with Crippen LogP contribution in [0.3, 0.4) is 0 Å². The minimum Gasteiger partial charge on any atom is -0.495 e. The number of amides is 1. The van der Waals surface area contributed by atoms with E-state index in [-0.39, 0.29) is 17.9 Å². The summed E-state index contributed by atoms with van der Waals surface area (Å²) in [7, 11) is 1.56. The summed E-state index contributed by atoms with van der Waals surface area (Å²) in [4.78, 5) is 26.4. The predicted molar refractivity (Wildman–Crippen MR) is 90.1 cm³/mol. The van der Waals surface area contributed by atoms with Crippen LogP contribution in [0.4, 0.5) is 5.69 Å². The first kappa shape index (κ1) is 16.8. The van der Waals surface area contributed by atoms with Crippen molar-refractivity contribution >= 4 is 17.6 Å². The summed E-state index contributed by atoms with van der Waals surface area (Å²) in [5, 5.41) is 12.6. The summed E-state index contributed by atoms with van der Waals surface area (Å²) in [5.74, 6) is -0.0975. The number of nitrogens with one attached hydrogen (secondary N) is 1. The zero-order valence-corrected chi connectivity index (χ0v) is 14.1. The Balaban J connectivity index is 1.70. The van der Waals surface area contributed by atoms with Gasteiger partial charge in [-0.1, -0.05) is 18.6 Å². The minimum atomic E-state index is -0.718. The van der Waals surface area contributed by atoms with E-state index in [9.17, 15) is 14.7 Å². The van der Waals surface area contributed by atoms with Gasteiger partial charge in [0.2, 0.25) is 5.91 Å². The first-order valence-corrected chi connectivity index (χ1v) is 8.39. The number of aliphatic carboxylic acids is 1. The highest BCUT2D eigenvalue weighted by molar-refractivity contribution is 5.96. The molecule has 1 heterocycles. The maximum absolute atomic E-state index is 12.6. The molecule has 2 fully saturated rings. The molecule has 0 bridgehead atoms. The Morgan fingerprint density at radius 1 is 1.42 bits per heavy atom. The molecule has 1 aromatic carbocycles. The number of nitrogens with zero attached hydrogens (tertiary/aromatic N) is 1. The number of rotatable bonds is 5. The average Bonchev–Trinajstić information content (AvgIpc) is 3.12. The standard InChI is InChI=1S/C18H24N2O4/c1-12(16(21)19-14-7-3-4-8-15(14)24-2)20-10-13-6-5-9-18(13,11-20)17(22)23/h3-4,7-8,12-13H,5-6,9-11H2,1-2H3,(H,19,21)(H,22,23)/t12?,13-,18+/m0/s1. The molecule has 0 aromatic heterocycles. The number of para-hydroxylation sites is 2. The van der Waals surface area contributed by atoms with Crippen molar-refractivity contribution in [3.63, 3.8) is 0 Å². The van der Waals surface area contributed by atoms with E-state index in [1.165, 1.54) is 0 Å². The Hall–Kier alpha value is -2.08. The fraction of sp³-hybridized carbons (Fsp3) is 0.556. The Morgan fingerprint density at radius 3 is 2.83 bits per heavy atom. The largest absolute Gasteiger partial charge is 0.495 e. The second-order valence-corrected chi connectivity index (χ2v) is 6.85. The Bertz CT molecular complexity index is 648. The summed E-state index contributed by atoms with van der Waals surface area (Å²) in [5.41, 5.74) is -0.0388. The second-order valence-electron chi connectivity index (χ2n) is 6.85. The lowest BCUT2D eigenvalue weighted by Crippen LogP contribution is -2.43. The number of carbonyl (C=O) groups is 2. The molecule has 6 heteroatoms. The molecule has 3 rings (SSSR count). The molecule has 1 saturated carbocycles. The average molecular weight is 332 g/mol. The molecule has 24 heavy (non-hydrogen) atoms. The van der Waals surface area contributed by atoms with Crippen molar-refractivity contribution in [3.8, 4) is 5.75 Å². The highest BCUT2D eigenvalue weighted by Crippen LogP contribution is 2.49. The predicted octanol–water partition coefficient (Wildman–Crippen LogP) is 2.21. The molecule has 1 aliphatic heterocycles. The van der Waals surface area contributed by atoms with Crippen LogP contribution < -0.4 is 10.1 Å². The number of anilines is 1. The highest BCUT2D eigenvalue weighted by atomic mass is 16.5. The van der Waals surface area contributed by atoms with Gasteiger partial charge in [-0.05, 0) is 37.8 Å². The number of fused-ring (bicyclic) bond motifs is 1. The van der Waals surface area contributed by atoms with Crippen LogP contribution in [0.25, 0.3) is 0 Å². The van der Waals surface area contributed by atoms with Crippen molar-refractivity contribution < 1.29 is 19.4 Å². The summed E-state index contributed by atoms with van der Waals surface area (Å²) in [6.45, 7) is 2.96. The maximum Gasteiger partial charge on any atom is 0.311 e. The van der Waals surface area contributed by atoms with E-state index in [4.69, 9.17) is 4.74 Å². The summed E-state index contributed by atoms with van der Waals surface area (Å²) >= 11 is 0. The quantitative estimate of drug-likeness (QED) is 0.864. The fourth-order valence-corrected chi connectivity index (χ4v) is 4.12. The number of carboxylic acid groups (broad SMARTS) is 1. The number of benzene rings is 1. The minimum absolute atomic E-state index is 0.139. The van der Waals surface area contributed by atoms with Gasteiger partial charge < -0.3 is 15.2 Å². The lowest BCUT2D eigenvalue weighted by molar-refractivity contribution is -0.149. The van der Waals surface area contributed by atoms with Crippen LogP contribution in [0.2, 0.25) is 0 Å². The van der Waals surface area contributed by atoms with Crippen molar-refractivity contribution in [2.24, 2.45) is 11.3 Å². The zero-order valence-electron chi connectivity index (χ0n) is 14.1. The number of hydrogen-bond donors (Lipinski definition) is 2. The van der Waals surface area contributed by atoms with E-state index in [0.717, 1.165) is 12.8 Å². The monoisotopic (exact) mass is 332 g/mol. The number of hydrogen-bond acceptors (Lipinski definition) is 4. The molecular formula is C18H24N2O4. The van der Waals surface area contributed by atoms with Gasteiger partial charge in [0.25, 0.3) is 0 Å². The van der Waals surface area contributed by atoms with E-state index in [1.807, 2.05) is 24.0 Å².